The van der Waals surface area contributed by atoms with Crippen molar-refractivity contribution < 1.29 is 8.42 Å². The van der Waals surface area contributed by atoms with Gasteiger partial charge in [0.1, 0.15) is 4.90 Å². The van der Waals surface area contributed by atoms with E-state index in [0.29, 0.717) is 17.5 Å². The molecule has 1 aromatic carbocycles. The predicted molar refractivity (Wildman–Crippen MR) is 82.6 cm³/mol. The first-order chi connectivity index (χ1) is 9.40. The van der Waals surface area contributed by atoms with E-state index < -0.39 is 10.0 Å². The van der Waals surface area contributed by atoms with Gasteiger partial charge in [0.25, 0.3) is 0 Å². The van der Waals surface area contributed by atoms with Crippen molar-refractivity contribution in [2.45, 2.75) is 37.0 Å². The van der Waals surface area contributed by atoms with Gasteiger partial charge in [0.2, 0.25) is 10.0 Å². The van der Waals surface area contributed by atoms with Gasteiger partial charge in [-0.3, -0.25) is 0 Å². The van der Waals surface area contributed by atoms with Crippen LogP contribution >= 0.6 is 23.2 Å². The summed E-state index contributed by atoms with van der Waals surface area (Å²) in [5, 5.41) is 0.366. The summed E-state index contributed by atoms with van der Waals surface area (Å²) in [6.07, 6.45) is 5.68. The molecule has 0 atom stereocenters. The number of hydrogen-bond donors (Lipinski definition) is 2. The second-order valence-electron chi connectivity index (χ2n) is 5.16. The summed E-state index contributed by atoms with van der Waals surface area (Å²) in [5.74, 6) is 0.394. The van der Waals surface area contributed by atoms with Gasteiger partial charge in [-0.05, 0) is 30.9 Å². The fourth-order valence-electron chi connectivity index (χ4n) is 2.55. The van der Waals surface area contributed by atoms with Crippen molar-refractivity contribution >= 4 is 38.9 Å². The van der Waals surface area contributed by atoms with Crippen LogP contribution in [0.25, 0.3) is 0 Å². The Kier molecular flexibility index (Phi) is 5.18. The monoisotopic (exact) mass is 336 g/mol. The first-order valence-electron chi connectivity index (χ1n) is 6.64. The first-order valence-corrected chi connectivity index (χ1v) is 8.88. The fourth-order valence-corrected chi connectivity index (χ4v) is 4.65. The van der Waals surface area contributed by atoms with Gasteiger partial charge >= 0.3 is 0 Å². The average molecular weight is 337 g/mol. The van der Waals surface area contributed by atoms with Crippen LogP contribution in [0.15, 0.2) is 17.0 Å². The van der Waals surface area contributed by atoms with Gasteiger partial charge in [-0.2, -0.15) is 0 Å². The molecule has 0 spiro atoms. The van der Waals surface area contributed by atoms with Crippen molar-refractivity contribution in [3.63, 3.8) is 0 Å². The van der Waals surface area contributed by atoms with Gasteiger partial charge in [-0.25, -0.2) is 13.1 Å². The van der Waals surface area contributed by atoms with E-state index in [1.54, 1.807) is 0 Å². The summed E-state index contributed by atoms with van der Waals surface area (Å²) in [4.78, 5) is -0.0839. The minimum absolute atomic E-state index is 0.0474. The summed E-state index contributed by atoms with van der Waals surface area (Å²) >= 11 is 11.7. The normalized spacial score (nSPS) is 17.3. The van der Waals surface area contributed by atoms with Crippen LogP contribution in [-0.2, 0) is 10.0 Å². The molecular formula is C13H18Cl2N2O2S. The third-order valence-electron chi connectivity index (χ3n) is 3.59. The van der Waals surface area contributed by atoms with E-state index in [-0.39, 0.29) is 15.6 Å². The first kappa shape index (κ1) is 15.9. The van der Waals surface area contributed by atoms with Crippen LogP contribution in [0.4, 0.5) is 5.69 Å². The fraction of sp³-hybridized carbons (Fsp3) is 0.538. The highest BCUT2D eigenvalue weighted by molar-refractivity contribution is 7.89. The summed E-state index contributed by atoms with van der Waals surface area (Å²) in [7, 11) is -3.70. The van der Waals surface area contributed by atoms with Crippen LogP contribution in [0.1, 0.15) is 32.1 Å². The van der Waals surface area contributed by atoms with Crippen molar-refractivity contribution in [3.8, 4) is 0 Å². The van der Waals surface area contributed by atoms with E-state index in [9.17, 15) is 8.42 Å². The zero-order valence-corrected chi connectivity index (χ0v) is 13.4. The Morgan fingerprint density at radius 2 is 1.85 bits per heavy atom. The molecule has 0 bridgehead atoms. The van der Waals surface area contributed by atoms with Crippen LogP contribution in [-0.4, -0.2) is 15.0 Å². The van der Waals surface area contributed by atoms with Gasteiger partial charge in [-0.15, -0.1) is 0 Å². The largest absolute Gasteiger partial charge is 0.398 e. The maximum atomic E-state index is 12.3. The van der Waals surface area contributed by atoms with E-state index >= 15 is 0 Å². The second-order valence-corrected chi connectivity index (χ2v) is 7.71. The number of rotatable bonds is 4. The van der Waals surface area contributed by atoms with E-state index in [0.717, 1.165) is 25.7 Å². The molecule has 4 nitrogen and oxygen atoms in total. The zero-order valence-electron chi connectivity index (χ0n) is 11.0. The lowest BCUT2D eigenvalue weighted by atomic mass is 9.90. The Labute approximate surface area is 129 Å². The topological polar surface area (TPSA) is 72.2 Å². The molecule has 1 aliphatic carbocycles. The number of sulfonamides is 1. The third-order valence-corrected chi connectivity index (χ3v) is 5.76. The molecule has 0 aromatic heterocycles. The minimum atomic E-state index is -3.70. The van der Waals surface area contributed by atoms with Gasteiger partial charge in [0, 0.05) is 11.6 Å². The Morgan fingerprint density at radius 1 is 1.20 bits per heavy atom. The van der Waals surface area contributed by atoms with Crippen LogP contribution < -0.4 is 10.5 Å². The minimum Gasteiger partial charge on any atom is -0.398 e. The molecule has 20 heavy (non-hydrogen) atoms. The molecule has 1 fully saturated rings. The van der Waals surface area contributed by atoms with Crippen molar-refractivity contribution in [1.29, 1.82) is 0 Å². The molecular weight excluding hydrogens is 319 g/mol. The number of halogens is 2. The van der Waals surface area contributed by atoms with Gasteiger partial charge in [0.05, 0.1) is 10.7 Å². The highest BCUT2D eigenvalue weighted by Crippen LogP contribution is 2.31. The van der Waals surface area contributed by atoms with Crippen molar-refractivity contribution in [3.05, 3.63) is 22.2 Å². The number of anilines is 1. The van der Waals surface area contributed by atoms with Crippen LogP contribution in [0.5, 0.6) is 0 Å². The van der Waals surface area contributed by atoms with Crippen molar-refractivity contribution in [1.82, 2.24) is 4.72 Å². The predicted octanol–water partition coefficient (Wildman–Crippen LogP) is 3.43. The van der Waals surface area contributed by atoms with E-state index in [2.05, 4.69) is 4.72 Å². The molecule has 7 heteroatoms. The number of nitrogens with two attached hydrogens (primary N) is 1. The number of hydrogen-bond acceptors (Lipinski definition) is 3. The van der Waals surface area contributed by atoms with Gasteiger partial charge in [-0.1, -0.05) is 42.5 Å². The van der Waals surface area contributed by atoms with Crippen molar-refractivity contribution in [2.24, 2.45) is 5.92 Å². The van der Waals surface area contributed by atoms with E-state index in [1.807, 2.05) is 0 Å². The Morgan fingerprint density at radius 3 is 2.45 bits per heavy atom. The van der Waals surface area contributed by atoms with E-state index in [4.69, 9.17) is 28.9 Å². The molecule has 1 saturated carbocycles. The number of benzene rings is 1. The summed E-state index contributed by atoms with van der Waals surface area (Å²) in [6.45, 7) is 0.431. The Hall–Kier alpha value is -0.490. The Bertz CT molecular complexity index is 561. The lowest BCUT2D eigenvalue weighted by molar-refractivity contribution is 0.357. The quantitative estimate of drug-likeness (QED) is 0.827. The molecule has 0 saturated heterocycles. The summed E-state index contributed by atoms with van der Waals surface area (Å²) in [6, 6.07) is 2.78. The van der Waals surface area contributed by atoms with Gasteiger partial charge < -0.3 is 5.73 Å². The molecule has 0 aliphatic heterocycles. The average Bonchev–Trinajstić information content (AvgIpc) is 2.36. The highest BCUT2D eigenvalue weighted by Gasteiger charge is 2.23. The number of nitrogens with one attached hydrogen (secondary N) is 1. The molecule has 0 unspecified atom stereocenters. The maximum Gasteiger partial charge on any atom is 0.244 e. The smallest absolute Gasteiger partial charge is 0.244 e. The van der Waals surface area contributed by atoms with Crippen LogP contribution in [0.2, 0.25) is 10.0 Å². The maximum absolute atomic E-state index is 12.3. The second kappa shape index (κ2) is 6.52. The lowest BCUT2D eigenvalue weighted by Crippen LogP contribution is -2.31. The summed E-state index contributed by atoms with van der Waals surface area (Å²) in [5.41, 5.74) is 5.80. The van der Waals surface area contributed by atoms with E-state index in [1.165, 1.54) is 18.6 Å². The lowest BCUT2D eigenvalue weighted by Gasteiger charge is -2.22. The molecule has 112 valence electrons. The van der Waals surface area contributed by atoms with Gasteiger partial charge in [0.15, 0.2) is 0 Å². The summed E-state index contributed by atoms with van der Waals surface area (Å²) < 4.78 is 27.2. The molecule has 1 aliphatic rings. The highest BCUT2D eigenvalue weighted by atomic mass is 35.5. The molecule has 0 radical (unpaired) electrons. The van der Waals surface area contributed by atoms with Crippen molar-refractivity contribution in [2.75, 3.05) is 12.3 Å². The van der Waals surface area contributed by atoms with Crippen LogP contribution in [0.3, 0.4) is 0 Å². The SMILES string of the molecule is Nc1cc(Cl)cc(Cl)c1S(=O)(=O)NCC1CCCCC1. The molecule has 0 heterocycles. The molecule has 1 aromatic rings. The zero-order chi connectivity index (χ0) is 14.8. The third kappa shape index (κ3) is 3.79. The molecule has 2 rings (SSSR count). The molecule has 3 N–H and O–H groups in total. The number of nitrogen functional groups attached to an aromatic ring is 1. The standard InChI is InChI=1S/C13H18Cl2N2O2S/c14-10-6-11(15)13(12(16)7-10)20(18,19)17-8-9-4-2-1-3-5-9/h6-7,9,17H,1-5,8,16H2. The Balaban J connectivity index is 2.14. The molecule has 0 amide bonds. The van der Waals surface area contributed by atoms with Crippen LogP contribution in [0, 0.1) is 5.92 Å².